The van der Waals surface area contributed by atoms with Gasteiger partial charge in [-0.15, -0.1) is 0 Å². The second kappa shape index (κ2) is 5.85. The Morgan fingerprint density at radius 3 is 2.89 bits per heavy atom. The molecule has 0 radical (unpaired) electrons. The molecule has 2 N–H and O–H groups in total. The summed E-state index contributed by atoms with van der Waals surface area (Å²) in [4.78, 5) is 16.4. The van der Waals surface area contributed by atoms with Crippen LogP contribution in [0, 0.1) is 12.8 Å². The fourth-order valence-electron chi connectivity index (χ4n) is 1.80. The van der Waals surface area contributed by atoms with Gasteiger partial charge in [-0.2, -0.15) is 0 Å². The summed E-state index contributed by atoms with van der Waals surface area (Å²) in [6, 6.07) is 3.66. The second-order valence-electron chi connectivity index (χ2n) is 4.96. The minimum absolute atomic E-state index is 0.00643. The minimum Gasteiger partial charge on any atom is -0.370 e. The van der Waals surface area contributed by atoms with E-state index in [1.54, 1.807) is 0 Å². The van der Waals surface area contributed by atoms with Crippen molar-refractivity contribution in [3.8, 4) is 0 Å². The average Bonchev–Trinajstić information content (AvgIpc) is 3.16. The first-order chi connectivity index (χ1) is 8.69. The van der Waals surface area contributed by atoms with Gasteiger partial charge in [-0.25, -0.2) is 4.98 Å². The molecule has 4 heteroatoms. The molecular formula is C14H21N3O. The fourth-order valence-corrected chi connectivity index (χ4v) is 1.80. The second-order valence-corrected chi connectivity index (χ2v) is 4.96. The van der Waals surface area contributed by atoms with Crippen molar-refractivity contribution in [1.82, 2.24) is 10.3 Å². The first-order valence-corrected chi connectivity index (χ1v) is 6.69. The van der Waals surface area contributed by atoms with E-state index in [1.165, 1.54) is 12.8 Å². The number of amides is 1. The standard InChI is InChI=1S/C14H21N3O/c1-3-6-15-13-8-12(7-10(2)17-13)14(18)16-9-11-4-5-11/h7-8,11H,3-6,9H2,1-2H3,(H,15,17)(H,16,18). The molecule has 1 heterocycles. The lowest BCUT2D eigenvalue weighted by Crippen LogP contribution is -2.25. The van der Waals surface area contributed by atoms with Gasteiger partial charge in [0.05, 0.1) is 0 Å². The van der Waals surface area contributed by atoms with Crippen molar-refractivity contribution in [2.24, 2.45) is 5.92 Å². The first-order valence-electron chi connectivity index (χ1n) is 6.69. The Morgan fingerprint density at radius 2 is 2.22 bits per heavy atom. The van der Waals surface area contributed by atoms with E-state index in [2.05, 4.69) is 22.5 Å². The first kappa shape index (κ1) is 12.9. The molecule has 0 spiro atoms. The monoisotopic (exact) mass is 247 g/mol. The zero-order valence-corrected chi connectivity index (χ0v) is 11.1. The van der Waals surface area contributed by atoms with E-state index in [0.717, 1.165) is 31.0 Å². The number of anilines is 1. The number of rotatable bonds is 6. The van der Waals surface area contributed by atoms with Crippen LogP contribution in [0.4, 0.5) is 5.82 Å². The van der Waals surface area contributed by atoms with Gasteiger partial charge in [0.1, 0.15) is 5.82 Å². The molecular weight excluding hydrogens is 226 g/mol. The van der Waals surface area contributed by atoms with Crippen molar-refractivity contribution in [2.75, 3.05) is 18.4 Å². The molecule has 0 saturated heterocycles. The smallest absolute Gasteiger partial charge is 0.251 e. The number of pyridine rings is 1. The maximum Gasteiger partial charge on any atom is 0.251 e. The largest absolute Gasteiger partial charge is 0.370 e. The molecule has 1 saturated carbocycles. The Bertz CT molecular complexity index is 427. The van der Waals surface area contributed by atoms with Crippen LogP contribution in [0.2, 0.25) is 0 Å². The SMILES string of the molecule is CCCNc1cc(C(=O)NCC2CC2)cc(C)n1. The molecule has 18 heavy (non-hydrogen) atoms. The molecule has 98 valence electrons. The fraction of sp³-hybridized carbons (Fsp3) is 0.571. The summed E-state index contributed by atoms with van der Waals surface area (Å²) in [5.41, 5.74) is 1.56. The molecule has 1 fully saturated rings. The maximum absolute atomic E-state index is 12.0. The number of hydrogen-bond acceptors (Lipinski definition) is 3. The highest BCUT2D eigenvalue weighted by molar-refractivity contribution is 5.95. The lowest BCUT2D eigenvalue weighted by molar-refractivity contribution is 0.0951. The van der Waals surface area contributed by atoms with E-state index in [-0.39, 0.29) is 5.91 Å². The molecule has 2 rings (SSSR count). The molecule has 0 atom stereocenters. The van der Waals surface area contributed by atoms with Gasteiger partial charge in [-0.05, 0) is 44.2 Å². The van der Waals surface area contributed by atoms with Gasteiger partial charge >= 0.3 is 0 Å². The zero-order valence-electron chi connectivity index (χ0n) is 11.1. The van der Waals surface area contributed by atoms with Crippen LogP contribution in [0.1, 0.15) is 42.2 Å². The molecule has 0 aliphatic heterocycles. The van der Waals surface area contributed by atoms with E-state index in [0.29, 0.717) is 11.5 Å². The molecule has 1 amide bonds. The third-order valence-corrected chi connectivity index (χ3v) is 3.02. The van der Waals surface area contributed by atoms with Crippen LogP contribution in [0.15, 0.2) is 12.1 Å². The maximum atomic E-state index is 12.0. The summed E-state index contributed by atoms with van der Waals surface area (Å²) >= 11 is 0. The van der Waals surface area contributed by atoms with Crippen LogP contribution in [0.25, 0.3) is 0 Å². The zero-order chi connectivity index (χ0) is 13.0. The third kappa shape index (κ3) is 3.72. The van der Waals surface area contributed by atoms with Gasteiger partial charge in [-0.3, -0.25) is 4.79 Å². The Labute approximate surface area is 108 Å². The number of carbonyl (C=O) groups excluding carboxylic acids is 1. The Hall–Kier alpha value is -1.58. The summed E-state index contributed by atoms with van der Waals surface area (Å²) < 4.78 is 0. The number of hydrogen-bond donors (Lipinski definition) is 2. The van der Waals surface area contributed by atoms with E-state index in [4.69, 9.17) is 0 Å². The minimum atomic E-state index is 0.00643. The Morgan fingerprint density at radius 1 is 1.44 bits per heavy atom. The topological polar surface area (TPSA) is 54.0 Å². The molecule has 1 aromatic heterocycles. The lowest BCUT2D eigenvalue weighted by atomic mass is 10.2. The highest BCUT2D eigenvalue weighted by Crippen LogP contribution is 2.27. The predicted molar refractivity (Wildman–Crippen MR) is 72.8 cm³/mol. The van der Waals surface area contributed by atoms with Gasteiger partial charge in [0.2, 0.25) is 0 Å². The van der Waals surface area contributed by atoms with Gasteiger partial charge in [0.25, 0.3) is 5.91 Å². The third-order valence-electron chi connectivity index (χ3n) is 3.02. The van der Waals surface area contributed by atoms with Gasteiger partial charge in [0, 0.05) is 24.3 Å². The van der Waals surface area contributed by atoms with Crippen molar-refractivity contribution in [3.63, 3.8) is 0 Å². The van der Waals surface area contributed by atoms with Gasteiger partial charge < -0.3 is 10.6 Å². The van der Waals surface area contributed by atoms with Crippen LogP contribution >= 0.6 is 0 Å². The summed E-state index contributed by atoms with van der Waals surface area (Å²) in [6.07, 6.45) is 3.54. The number of nitrogens with one attached hydrogen (secondary N) is 2. The van der Waals surface area contributed by atoms with Gasteiger partial charge in [0.15, 0.2) is 0 Å². The van der Waals surface area contributed by atoms with E-state index in [1.807, 2.05) is 19.1 Å². The molecule has 1 aliphatic rings. The number of aryl methyl sites for hydroxylation is 1. The Balaban J connectivity index is 2.00. The van der Waals surface area contributed by atoms with E-state index < -0.39 is 0 Å². The normalized spacial score (nSPS) is 14.3. The van der Waals surface area contributed by atoms with Crippen LogP contribution in [-0.4, -0.2) is 24.0 Å². The number of nitrogens with zero attached hydrogens (tertiary/aromatic N) is 1. The number of carbonyl (C=O) groups is 1. The van der Waals surface area contributed by atoms with Crippen molar-refractivity contribution >= 4 is 11.7 Å². The summed E-state index contributed by atoms with van der Waals surface area (Å²) in [5.74, 6) is 1.50. The molecule has 4 nitrogen and oxygen atoms in total. The van der Waals surface area contributed by atoms with Crippen LogP contribution in [-0.2, 0) is 0 Å². The highest BCUT2D eigenvalue weighted by Gasteiger charge is 2.22. The van der Waals surface area contributed by atoms with E-state index in [9.17, 15) is 4.79 Å². The molecule has 1 aliphatic carbocycles. The lowest BCUT2D eigenvalue weighted by Gasteiger charge is -2.09. The van der Waals surface area contributed by atoms with Crippen molar-refractivity contribution < 1.29 is 4.79 Å². The van der Waals surface area contributed by atoms with E-state index >= 15 is 0 Å². The highest BCUT2D eigenvalue weighted by atomic mass is 16.1. The molecule has 1 aromatic rings. The summed E-state index contributed by atoms with van der Waals surface area (Å²) in [5, 5.41) is 6.19. The van der Waals surface area contributed by atoms with Crippen molar-refractivity contribution in [2.45, 2.75) is 33.1 Å². The quantitative estimate of drug-likeness (QED) is 0.811. The van der Waals surface area contributed by atoms with Crippen LogP contribution < -0.4 is 10.6 Å². The summed E-state index contributed by atoms with van der Waals surface area (Å²) in [6.45, 7) is 5.69. The van der Waals surface area contributed by atoms with Crippen LogP contribution in [0.3, 0.4) is 0 Å². The van der Waals surface area contributed by atoms with Crippen molar-refractivity contribution in [1.29, 1.82) is 0 Å². The molecule has 0 aromatic carbocycles. The molecule has 0 unspecified atom stereocenters. The van der Waals surface area contributed by atoms with Crippen molar-refractivity contribution in [3.05, 3.63) is 23.4 Å². The average molecular weight is 247 g/mol. The Kier molecular flexibility index (Phi) is 4.18. The summed E-state index contributed by atoms with van der Waals surface area (Å²) in [7, 11) is 0. The van der Waals surface area contributed by atoms with Gasteiger partial charge in [-0.1, -0.05) is 6.92 Å². The predicted octanol–water partition coefficient (Wildman–Crippen LogP) is 2.35. The molecule has 0 bridgehead atoms. The van der Waals surface area contributed by atoms with Crippen LogP contribution in [0.5, 0.6) is 0 Å². The number of aromatic nitrogens is 1.